The lowest BCUT2D eigenvalue weighted by Gasteiger charge is -2.48. The van der Waals surface area contributed by atoms with Gasteiger partial charge in [-0.25, -0.2) is 0 Å². The first-order chi connectivity index (χ1) is 16.6. The van der Waals surface area contributed by atoms with E-state index < -0.39 is 5.97 Å². The average molecular weight is 477 g/mol. The molecule has 3 heteroatoms. The van der Waals surface area contributed by atoms with E-state index in [1.807, 2.05) is 0 Å². The van der Waals surface area contributed by atoms with Gasteiger partial charge in [-0.2, -0.15) is 0 Å². The molecule has 0 bridgehead atoms. The summed E-state index contributed by atoms with van der Waals surface area (Å²) in [5.41, 5.74) is 0.933. The Labute approximate surface area is 212 Å². The molecular weight excluding hydrogens is 420 g/mol. The molecule has 1 aromatic rings. The average Bonchev–Trinajstić information content (AvgIpc) is 2.88. The predicted octanol–water partition coefficient (Wildman–Crippen LogP) is 9.43. The van der Waals surface area contributed by atoms with Crippen molar-refractivity contribution in [2.45, 2.75) is 135 Å². The molecule has 0 spiro atoms. The Hall–Kier alpha value is -0.900. The molecule has 34 heavy (non-hydrogen) atoms. The predicted molar refractivity (Wildman–Crippen MR) is 146 cm³/mol. The number of ether oxygens (including phenoxy) is 3. The fourth-order valence-electron chi connectivity index (χ4n) is 5.80. The van der Waals surface area contributed by atoms with E-state index in [0.29, 0.717) is 0 Å². The van der Waals surface area contributed by atoms with E-state index in [0.717, 1.165) is 31.6 Å². The van der Waals surface area contributed by atoms with E-state index >= 15 is 0 Å². The first-order valence-corrected chi connectivity index (χ1v) is 14.3. The normalized spacial score (nSPS) is 14.8. The van der Waals surface area contributed by atoms with Gasteiger partial charge in [0, 0.05) is 21.3 Å². The second-order valence-electron chi connectivity index (χ2n) is 10.2. The third-order valence-corrected chi connectivity index (χ3v) is 7.93. The van der Waals surface area contributed by atoms with Gasteiger partial charge >= 0.3 is 0 Å². The van der Waals surface area contributed by atoms with Gasteiger partial charge in [0.15, 0.2) is 0 Å². The molecule has 0 N–H and O–H groups in total. The fourth-order valence-corrected chi connectivity index (χ4v) is 5.80. The molecular formula is C31H56O3. The van der Waals surface area contributed by atoms with Crippen LogP contribution in [-0.4, -0.2) is 27.3 Å². The van der Waals surface area contributed by atoms with Gasteiger partial charge in [-0.15, -0.1) is 0 Å². The van der Waals surface area contributed by atoms with Crippen LogP contribution in [0.15, 0.2) is 30.3 Å². The van der Waals surface area contributed by atoms with Crippen molar-refractivity contribution < 1.29 is 14.2 Å². The van der Waals surface area contributed by atoms with Crippen LogP contribution in [0.4, 0.5) is 0 Å². The minimum Gasteiger partial charge on any atom is -0.330 e. The van der Waals surface area contributed by atoms with Crippen molar-refractivity contribution in [2.75, 3.05) is 21.3 Å². The lowest BCUT2D eigenvalue weighted by molar-refractivity contribution is -0.390. The fraction of sp³-hybridized carbons (Fsp3) is 0.806. The van der Waals surface area contributed by atoms with Crippen molar-refractivity contribution in [3.63, 3.8) is 0 Å². The Morgan fingerprint density at radius 2 is 1.12 bits per heavy atom. The first kappa shape index (κ1) is 31.1. The van der Waals surface area contributed by atoms with E-state index in [2.05, 4.69) is 51.1 Å². The van der Waals surface area contributed by atoms with E-state index in [-0.39, 0.29) is 5.41 Å². The van der Waals surface area contributed by atoms with Crippen molar-refractivity contribution in [3.05, 3.63) is 35.9 Å². The Morgan fingerprint density at radius 3 is 1.68 bits per heavy atom. The summed E-state index contributed by atoms with van der Waals surface area (Å²) in [5, 5.41) is 0. The third kappa shape index (κ3) is 9.28. The largest absolute Gasteiger partial charge is 0.330 e. The van der Waals surface area contributed by atoms with Crippen LogP contribution in [0.25, 0.3) is 0 Å². The zero-order chi connectivity index (χ0) is 25.1. The third-order valence-electron chi connectivity index (χ3n) is 7.93. The molecule has 0 aliphatic carbocycles. The molecule has 0 aliphatic heterocycles. The second-order valence-corrected chi connectivity index (χ2v) is 10.2. The SMILES string of the molecule is CCCCCCCCC(CCCC(CC)CCCCCC)(c1ccccc1)C(OC)(OC)OC. The highest BCUT2D eigenvalue weighted by molar-refractivity contribution is 5.28. The number of benzene rings is 1. The molecule has 0 amide bonds. The zero-order valence-corrected chi connectivity index (χ0v) is 23.5. The highest BCUT2D eigenvalue weighted by Crippen LogP contribution is 2.47. The minimum absolute atomic E-state index is 0.336. The van der Waals surface area contributed by atoms with Crippen molar-refractivity contribution in [3.8, 4) is 0 Å². The Bertz CT molecular complexity index is 575. The molecule has 0 aromatic heterocycles. The topological polar surface area (TPSA) is 27.7 Å². The lowest BCUT2D eigenvalue weighted by atomic mass is 9.69. The van der Waals surface area contributed by atoms with Crippen molar-refractivity contribution in [1.82, 2.24) is 0 Å². The maximum atomic E-state index is 6.08. The van der Waals surface area contributed by atoms with Crippen molar-refractivity contribution in [1.29, 1.82) is 0 Å². The van der Waals surface area contributed by atoms with E-state index in [1.54, 1.807) is 21.3 Å². The van der Waals surface area contributed by atoms with Crippen molar-refractivity contribution in [2.24, 2.45) is 5.92 Å². The molecule has 0 saturated carbocycles. The maximum Gasteiger partial charge on any atom is 0.292 e. The molecule has 0 aliphatic rings. The summed E-state index contributed by atoms with van der Waals surface area (Å²) in [4.78, 5) is 0. The van der Waals surface area contributed by atoms with Gasteiger partial charge in [-0.1, -0.05) is 141 Å². The van der Waals surface area contributed by atoms with Crippen LogP contribution in [0.3, 0.4) is 0 Å². The highest BCUT2D eigenvalue weighted by Gasteiger charge is 2.54. The molecule has 0 fully saturated rings. The van der Waals surface area contributed by atoms with Gasteiger partial charge in [0.05, 0.1) is 5.41 Å². The van der Waals surface area contributed by atoms with Crippen LogP contribution in [0.1, 0.15) is 129 Å². The van der Waals surface area contributed by atoms with Crippen LogP contribution in [-0.2, 0) is 19.6 Å². The summed E-state index contributed by atoms with van der Waals surface area (Å²) < 4.78 is 18.2. The summed E-state index contributed by atoms with van der Waals surface area (Å²) in [6.07, 6.45) is 20.1. The van der Waals surface area contributed by atoms with Gasteiger partial charge in [0.2, 0.25) is 0 Å². The molecule has 0 radical (unpaired) electrons. The summed E-state index contributed by atoms with van der Waals surface area (Å²) >= 11 is 0. The van der Waals surface area contributed by atoms with Gasteiger partial charge in [-0.05, 0) is 24.3 Å². The molecule has 0 heterocycles. The molecule has 1 rings (SSSR count). The van der Waals surface area contributed by atoms with Crippen molar-refractivity contribution >= 4 is 0 Å². The summed E-state index contributed by atoms with van der Waals surface area (Å²) in [5.74, 6) is -0.276. The monoisotopic (exact) mass is 476 g/mol. The zero-order valence-electron chi connectivity index (χ0n) is 23.5. The quantitative estimate of drug-likeness (QED) is 0.123. The summed E-state index contributed by atoms with van der Waals surface area (Å²) in [6, 6.07) is 10.9. The van der Waals surface area contributed by atoms with E-state index in [1.165, 1.54) is 82.6 Å². The molecule has 2 unspecified atom stereocenters. The molecule has 0 saturated heterocycles. The second kappa shape index (κ2) is 18.4. The smallest absolute Gasteiger partial charge is 0.292 e. The first-order valence-electron chi connectivity index (χ1n) is 14.3. The minimum atomic E-state index is -1.08. The highest BCUT2D eigenvalue weighted by atomic mass is 16.9. The van der Waals surface area contributed by atoms with Crippen LogP contribution in [0.2, 0.25) is 0 Å². The molecule has 2 atom stereocenters. The van der Waals surface area contributed by atoms with Crippen LogP contribution >= 0.6 is 0 Å². The lowest BCUT2D eigenvalue weighted by Crippen LogP contribution is -2.56. The van der Waals surface area contributed by atoms with E-state index in [4.69, 9.17) is 14.2 Å². The van der Waals surface area contributed by atoms with Crippen LogP contribution < -0.4 is 0 Å². The molecule has 3 nitrogen and oxygen atoms in total. The van der Waals surface area contributed by atoms with Gasteiger partial charge in [0.25, 0.3) is 5.97 Å². The van der Waals surface area contributed by atoms with Gasteiger partial charge in [-0.3, -0.25) is 0 Å². The summed E-state index contributed by atoms with van der Waals surface area (Å²) in [7, 11) is 5.19. The Morgan fingerprint density at radius 1 is 0.618 bits per heavy atom. The standard InChI is InChI=1S/C31H56O3/c1-7-10-12-14-15-20-26-30(29-24-18-16-19-25-29,31(32-4,33-5)34-6)27-21-23-28(9-3)22-17-13-11-8-2/h16,18-19,24-25,28H,7-15,17,20-23,26-27H2,1-6H3. The number of methoxy groups -OCH3 is 3. The Kier molecular flexibility index (Phi) is 16.8. The number of hydrogen-bond donors (Lipinski definition) is 0. The van der Waals surface area contributed by atoms with Crippen LogP contribution in [0, 0.1) is 5.92 Å². The Balaban J connectivity index is 3.07. The number of hydrogen-bond acceptors (Lipinski definition) is 3. The molecule has 198 valence electrons. The number of rotatable bonds is 22. The van der Waals surface area contributed by atoms with Gasteiger partial charge in [0.1, 0.15) is 0 Å². The maximum absolute atomic E-state index is 6.08. The van der Waals surface area contributed by atoms with Gasteiger partial charge < -0.3 is 14.2 Å². The summed E-state index contributed by atoms with van der Waals surface area (Å²) in [6.45, 7) is 6.92. The van der Waals surface area contributed by atoms with Crippen LogP contribution in [0.5, 0.6) is 0 Å². The van der Waals surface area contributed by atoms with E-state index in [9.17, 15) is 0 Å². The number of unbranched alkanes of at least 4 members (excludes halogenated alkanes) is 8. The molecule has 1 aromatic carbocycles.